The molecule has 6 heteroatoms. The number of piperidine rings is 1. The Hall–Kier alpha value is -1.14. The minimum absolute atomic E-state index is 0.0321. The zero-order chi connectivity index (χ0) is 17.4. The summed E-state index contributed by atoms with van der Waals surface area (Å²) >= 11 is 0. The van der Waals surface area contributed by atoms with Crippen LogP contribution in [0.25, 0.3) is 0 Å². The Kier molecular flexibility index (Phi) is 7.99. The van der Waals surface area contributed by atoms with Crippen LogP contribution in [0, 0.1) is 5.92 Å². The van der Waals surface area contributed by atoms with E-state index in [1.54, 1.807) is 7.11 Å². The molecule has 2 heterocycles. The van der Waals surface area contributed by atoms with Crippen molar-refractivity contribution >= 4 is 11.8 Å². The lowest BCUT2D eigenvalue weighted by atomic mass is 9.95. The van der Waals surface area contributed by atoms with Crippen LogP contribution in [0.4, 0.5) is 0 Å². The van der Waals surface area contributed by atoms with Crippen molar-refractivity contribution in [2.45, 2.75) is 51.5 Å². The van der Waals surface area contributed by atoms with Crippen molar-refractivity contribution in [2.75, 3.05) is 46.4 Å². The van der Waals surface area contributed by atoms with E-state index in [-0.39, 0.29) is 17.9 Å². The van der Waals surface area contributed by atoms with E-state index in [1.807, 2.05) is 6.92 Å². The van der Waals surface area contributed by atoms with Gasteiger partial charge in [-0.15, -0.1) is 0 Å². The maximum absolute atomic E-state index is 12.7. The Morgan fingerprint density at radius 2 is 1.71 bits per heavy atom. The Bertz CT molecular complexity index is 400. The standard InChI is InChI=1S/C18H33N3O3/c1-15(14-24-2)19-17(22)13-20-11-7-16(8-12-20)18(23)21-9-5-3-4-6-10-21/h15-16H,3-14H2,1-2H3,(H,19,22). The molecule has 0 spiro atoms. The van der Waals surface area contributed by atoms with Crippen molar-refractivity contribution in [1.82, 2.24) is 15.1 Å². The predicted octanol–water partition coefficient (Wildman–Crippen LogP) is 1.25. The van der Waals surface area contributed by atoms with E-state index in [0.29, 0.717) is 19.1 Å². The summed E-state index contributed by atoms with van der Waals surface area (Å²) in [4.78, 5) is 28.9. The van der Waals surface area contributed by atoms with Crippen LogP contribution >= 0.6 is 0 Å². The van der Waals surface area contributed by atoms with Crippen molar-refractivity contribution < 1.29 is 14.3 Å². The fraction of sp³-hybridized carbons (Fsp3) is 0.889. The molecule has 1 unspecified atom stereocenters. The monoisotopic (exact) mass is 339 g/mol. The molecule has 2 saturated heterocycles. The molecule has 1 N–H and O–H groups in total. The highest BCUT2D eigenvalue weighted by atomic mass is 16.5. The maximum atomic E-state index is 12.7. The number of methoxy groups -OCH3 is 1. The highest BCUT2D eigenvalue weighted by Gasteiger charge is 2.29. The Balaban J connectivity index is 1.70. The van der Waals surface area contributed by atoms with Gasteiger partial charge in [-0.2, -0.15) is 0 Å². The number of amides is 2. The number of ether oxygens (including phenoxy) is 1. The second kappa shape index (κ2) is 9.99. The molecule has 2 amide bonds. The average molecular weight is 339 g/mol. The second-order valence-electron chi connectivity index (χ2n) is 7.21. The summed E-state index contributed by atoms with van der Waals surface area (Å²) in [7, 11) is 1.63. The van der Waals surface area contributed by atoms with Gasteiger partial charge in [-0.1, -0.05) is 12.8 Å². The number of nitrogens with zero attached hydrogens (tertiary/aromatic N) is 2. The number of hydrogen-bond acceptors (Lipinski definition) is 4. The molecule has 138 valence electrons. The van der Waals surface area contributed by atoms with Crippen LogP contribution in [-0.2, 0) is 14.3 Å². The summed E-state index contributed by atoms with van der Waals surface area (Å²) in [5, 5.41) is 2.94. The van der Waals surface area contributed by atoms with Crippen LogP contribution in [0.2, 0.25) is 0 Å². The van der Waals surface area contributed by atoms with Gasteiger partial charge >= 0.3 is 0 Å². The van der Waals surface area contributed by atoms with Gasteiger partial charge in [-0.05, 0) is 45.7 Å². The summed E-state index contributed by atoms with van der Waals surface area (Å²) in [5.41, 5.74) is 0. The predicted molar refractivity (Wildman–Crippen MR) is 93.7 cm³/mol. The van der Waals surface area contributed by atoms with Gasteiger partial charge in [0.25, 0.3) is 0 Å². The van der Waals surface area contributed by atoms with Gasteiger partial charge in [-0.25, -0.2) is 0 Å². The third kappa shape index (κ3) is 6.06. The van der Waals surface area contributed by atoms with Crippen LogP contribution in [0.3, 0.4) is 0 Å². The van der Waals surface area contributed by atoms with Crippen molar-refractivity contribution in [3.63, 3.8) is 0 Å². The number of hydrogen-bond donors (Lipinski definition) is 1. The first kappa shape index (κ1) is 19.2. The minimum atomic E-state index is 0.0321. The van der Waals surface area contributed by atoms with Crippen molar-refractivity contribution in [3.05, 3.63) is 0 Å². The molecular formula is C18H33N3O3. The number of nitrogens with one attached hydrogen (secondary N) is 1. The van der Waals surface area contributed by atoms with Crippen molar-refractivity contribution in [2.24, 2.45) is 5.92 Å². The van der Waals surface area contributed by atoms with E-state index in [1.165, 1.54) is 12.8 Å². The molecule has 24 heavy (non-hydrogen) atoms. The number of carbonyl (C=O) groups excluding carboxylic acids is 2. The smallest absolute Gasteiger partial charge is 0.234 e. The first-order valence-corrected chi connectivity index (χ1v) is 9.39. The van der Waals surface area contributed by atoms with Crippen molar-refractivity contribution in [1.29, 1.82) is 0 Å². The molecule has 2 aliphatic heterocycles. The van der Waals surface area contributed by atoms with Crippen molar-refractivity contribution in [3.8, 4) is 0 Å². The van der Waals surface area contributed by atoms with Gasteiger partial charge in [0.15, 0.2) is 0 Å². The highest BCUT2D eigenvalue weighted by Crippen LogP contribution is 2.21. The lowest BCUT2D eigenvalue weighted by Gasteiger charge is -2.33. The molecule has 2 aliphatic rings. The number of rotatable bonds is 6. The Morgan fingerprint density at radius 1 is 1.08 bits per heavy atom. The van der Waals surface area contributed by atoms with Gasteiger partial charge in [0.05, 0.1) is 13.2 Å². The molecule has 2 fully saturated rings. The lowest BCUT2D eigenvalue weighted by Crippen LogP contribution is -2.47. The second-order valence-corrected chi connectivity index (χ2v) is 7.21. The third-order valence-corrected chi connectivity index (χ3v) is 5.05. The van der Waals surface area contributed by atoms with Gasteiger partial charge in [0.1, 0.15) is 0 Å². The molecule has 0 radical (unpaired) electrons. The van der Waals surface area contributed by atoms with E-state index >= 15 is 0 Å². The van der Waals surface area contributed by atoms with Crippen LogP contribution in [-0.4, -0.2) is 74.1 Å². The van der Waals surface area contributed by atoms with E-state index in [2.05, 4.69) is 15.1 Å². The normalized spacial score (nSPS) is 22.0. The molecular weight excluding hydrogens is 306 g/mol. The average Bonchev–Trinajstić information content (AvgIpc) is 2.84. The topological polar surface area (TPSA) is 61.9 Å². The lowest BCUT2D eigenvalue weighted by molar-refractivity contribution is -0.137. The Labute approximate surface area is 145 Å². The molecule has 0 aliphatic carbocycles. The highest BCUT2D eigenvalue weighted by molar-refractivity contribution is 5.79. The summed E-state index contributed by atoms with van der Waals surface area (Å²) in [6, 6.07) is 0.0321. The molecule has 1 atom stereocenters. The van der Waals surface area contributed by atoms with Crippen LogP contribution in [0.1, 0.15) is 45.4 Å². The van der Waals surface area contributed by atoms with E-state index in [4.69, 9.17) is 4.74 Å². The van der Waals surface area contributed by atoms with E-state index in [0.717, 1.165) is 51.9 Å². The molecule has 0 bridgehead atoms. The number of carbonyl (C=O) groups is 2. The first-order valence-electron chi connectivity index (χ1n) is 9.39. The van der Waals surface area contributed by atoms with Crippen LogP contribution in [0.15, 0.2) is 0 Å². The third-order valence-electron chi connectivity index (χ3n) is 5.05. The molecule has 0 aromatic rings. The summed E-state index contributed by atoms with van der Waals surface area (Å²) in [6.45, 7) is 6.40. The fourth-order valence-corrected chi connectivity index (χ4v) is 3.70. The van der Waals surface area contributed by atoms with Crippen LogP contribution < -0.4 is 5.32 Å². The molecule has 0 aromatic heterocycles. The van der Waals surface area contributed by atoms with Gasteiger partial charge in [0, 0.05) is 32.2 Å². The van der Waals surface area contributed by atoms with E-state index in [9.17, 15) is 9.59 Å². The molecule has 6 nitrogen and oxygen atoms in total. The largest absolute Gasteiger partial charge is 0.383 e. The first-order chi connectivity index (χ1) is 11.6. The zero-order valence-electron chi connectivity index (χ0n) is 15.3. The van der Waals surface area contributed by atoms with Gasteiger partial charge in [-0.3, -0.25) is 14.5 Å². The van der Waals surface area contributed by atoms with Crippen LogP contribution in [0.5, 0.6) is 0 Å². The summed E-state index contributed by atoms with van der Waals surface area (Å²) < 4.78 is 5.03. The summed E-state index contributed by atoms with van der Waals surface area (Å²) in [6.07, 6.45) is 6.53. The molecule has 0 aromatic carbocycles. The summed E-state index contributed by atoms with van der Waals surface area (Å²) in [5.74, 6) is 0.529. The van der Waals surface area contributed by atoms with E-state index < -0.39 is 0 Å². The zero-order valence-corrected chi connectivity index (χ0v) is 15.3. The minimum Gasteiger partial charge on any atom is -0.383 e. The fourth-order valence-electron chi connectivity index (χ4n) is 3.70. The van der Waals surface area contributed by atoms with Gasteiger partial charge in [0.2, 0.25) is 11.8 Å². The maximum Gasteiger partial charge on any atom is 0.234 e. The molecule has 2 rings (SSSR count). The number of likely N-dealkylation sites (tertiary alicyclic amines) is 2. The quantitative estimate of drug-likeness (QED) is 0.791. The SMILES string of the molecule is COCC(C)NC(=O)CN1CCC(C(=O)N2CCCCCC2)CC1. The molecule has 0 saturated carbocycles. The van der Waals surface area contributed by atoms with Gasteiger partial charge < -0.3 is 15.0 Å². The Morgan fingerprint density at radius 3 is 2.29 bits per heavy atom.